The van der Waals surface area contributed by atoms with E-state index < -0.39 is 0 Å². The molecule has 2 aromatic rings. The molecule has 1 heterocycles. The molecular weight excluding hydrogens is 274 g/mol. The maximum atomic E-state index is 4.49. The molecule has 5 heteroatoms. The van der Waals surface area contributed by atoms with Crippen LogP contribution >= 0.6 is 23.3 Å². The monoisotopic (exact) mass is 293 g/mol. The standard InChI is InChI=1S/C14H19N3S2/c1-4-13-16-14(19-17-13)18-9-12(15-3)11-8-6-5-7-10(11)2/h5-8,12,15H,4,9H2,1-3H3. The van der Waals surface area contributed by atoms with E-state index in [0.29, 0.717) is 6.04 Å². The van der Waals surface area contributed by atoms with Gasteiger partial charge in [0.15, 0.2) is 4.34 Å². The highest BCUT2D eigenvalue weighted by Gasteiger charge is 2.13. The molecule has 0 saturated carbocycles. The molecule has 1 aromatic heterocycles. The summed E-state index contributed by atoms with van der Waals surface area (Å²) in [5.74, 6) is 1.92. The Morgan fingerprint density at radius 1 is 1.37 bits per heavy atom. The van der Waals surface area contributed by atoms with E-state index in [2.05, 4.69) is 52.8 Å². The van der Waals surface area contributed by atoms with Crippen molar-refractivity contribution < 1.29 is 0 Å². The minimum atomic E-state index is 0.347. The Morgan fingerprint density at radius 2 is 2.16 bits per heavy atom. The van der Waals surface area contributed by atoms with Crippen LogP contribution in [0.15, 0.2) is 28.6 Å². The first-order valence-corrected chi connectivity index (χ1v) is 8.18. The molecule has 2 rings (SSSR count). The average Bonchev–Trinajstić information content (AvgIpc) is 2.89. The summed E-state index contributed by atoms with van der Waals surface area (Å²) in [6.07, 6.45) is 0.907. The smallest absolute Gasteiger partial charge is 0.170 e. The van der Waals surface area contributed by atoms with Gasteiger partial charge in [-0.1, -0.05) is 43.0 Å². The van der Waals surface area contributed by atoms with Crippen molar-refractivity contribution in [2.45, 2.75) is 30.6 Å². The molecule has 0 aliphatic rings. The van der Waals surface area contributed by atoms with Crippen LogP contribution in [0.3, 0.4) is 0 Å². The number of aromatic nitrogens is 2. The highest BCUT2D eigenvalue weighted by Crippen LogP contribution is 2.27. The van der Waals surface area contributed by atoms with E-state index in [1.165, 1.54) is 22.7 Å². The van der Waals surface area contributed by atoms with E-state index in [1.807, 2.05) is 7.05 Å². The maximum Gasteiger partial charge on any atom is 0.170 e. The van der Waals surface area contributed by atoms with E-state index in [4.69, 9.17) is 0 Å². The average molecular weight is 293 g/mol. The number of nitrogens with zero attached hydrogens (tertiary/aromatic N) is 2. The van der Waals surface area contributed by atoms with Gasteiger partial charge in [0, 0.05) is 18.2 Å². The highest BCUT2D eigenvalue weighted by molar-refractivity contribution is 8.00. The van der Waals surface area contributed by atoms with Crippen LogP contribution in [0.4, 0.5) is 0 Å². The Hall–Kier alpha value is -0.910. The second-order valence-corrected chi connectivity index (χ2v) is 6.36. The highest BCUT2D eigenvalue weighted by atomic mass is 32.2. The van der Waals surface area contributed by atoms with Gasteiger partial charge in [0.1, 0.15) is 5.82 Å². The summed E-state index contributed by atoms with van der Waals surface area (Å²) < 4.78 is 5.38. The zero-order chi connectivity index (χ0) is 13.7. The fraction of sp³-hybridized carbons (Fsp3) is 0.429. The minimum absolute atomic E-state index is 0.347. The molecule has 0 bridgehead atoms. The first kappa shape index (κ1) is 14.5. The van der Waals surface area contributed by atoms with Crippen molar-refractivity contribution in [1.82, 2.24) is 14.7 Å². The molecule has 102 valence electrons. The van der Waals surface area contributed by atoms with E-state index in [1.54, 1.807) is 11.8 Å². The van der Waals surface area contributed by atoms with Crippen LogP contribution in [0, 0.1) is 6.92 Å². The summed E-state index contributed by atoms with van der Waals surface area (Å²) in [6.45, 7) is 4.24. The molecule has 0 saturated heterocycles. The lowest BCUT2D eigenvalue weighted by Gasteiger charge is -2.17. The van der Waals surface area contributed by atoms with Gasteiger partial charge in [-0.05, 0) is 36.6 Å². The van der Waals surface area contributed by atoms with Gasteiger partial charge in [-0.25, -0.2) is 4.98 Å². The van der Waals surface area contributed by atoms with Gasteiger partial charge >= 0.3 is 0 Å². The molecule has 1 atom stereocenters. The predicted octanol–water partition coefficient (Wildman–Crippen LogP) is 3.46. The minimum Gasteiger partial charge on any atom is -0.312 e. The first-order valence-electron chi connectivity index (χ1n) is 6.42. The second kappa shape index (κ2) is 7.03. The Balaban J connectivity index is 2.02. The summed E-state index contributed by atoms with van der Waals surface area (Å²) in [6, 6.07) is 8.87. The zero-order valence-corrected chi connectivity index (χ0v) is 13.1. The van der Waals surface area contributed by atoms with Crippen LogP contribution in [0.5, 0.6) is 0 Å². The molecule has 0 aliphatic carbocycles. The number of thioether (sulfide) groups is 1. The van der Waals surface area contributed by atoms with Gasteiger partial charge in [-0.15, -0.1) is 0 Å². The second-order valence-electron chi connectivity index (χ2n) is 4.34. The molecule has 0 fully saturated rings. The van der Waals surface area contributed by atoms with Crippen molar-refractivity contribution in [1.29, 1.82) is 0 Å². The van der Waals surface area contributed by atoms with Crippen LogP contribution in [0.2, 0.25) is 0 Å². The third-order valence-electron chi connectivity index (χ3n) is 3.05. The van der Waals surface area contributed by atoms with E-state index >= 15 is 0 Å². The summed E-state index contributed by atoms with van der Waals surface area (Å²) in [7, 11) is 2.01. The molecule has 1 unspecified atom stereocenters. The van der Waals surface area contributed by atoms with E-state index in [9.17, 15) is 0 Å². The Bertz CT molecular complexity index is 525. The predicted molar refractivity (Wildman–Crippen MR) is 83.0 cm³/mol. The van der Waals surface area contributed by atoms with Crippen molar-refractivity contribution in [2.24, 2.45) is 0 Å². The molecule has 0 radical (unpaired) electrons. The number of aryl methyl sites for hydroxylation is 2. The number of benzene rings is 1. The van der Waals surface area contributed by atoms with Crippen molar-refractivity contribution >= 4 is 23.3 Å². The molecular formula is C14H19N3S2. The summed E-state index contributed by atoms with van der Waals surface area (Å²) in [5.41, 5.74) is 2.69. The third kappa shape index (κ3) is 3.78. The maximum absolute atomic E-state index is 4.49. The van der Waals surface area contributed by atoms with Crippen molar-refractivity contribution in [3.05, 3.63) is 41.2 Å². The summed E-state index contributed by atoms with van der Waals surface area (Å²) in [5, 5.41) is 3.39. The topological polar surface area (TPSA) is 37.8 Å². The van der Waals surface area contributed by atoms with Crippen molar-refractivity contribution in [3.8, 4) is 0 Å². The zero-order valence-electron chi connectivity index (χ0n) is 11.5. The Morgan fingerprint density at radius 3 is 2.79 bits per heavy atom. The van der Waals surface area contributed by atoms with Crippen LogP contribution in [0.1, 0.15) is 29.9 Å². The molecule has 0 amide bonds. The Labute approximate surface area is 123 Å². The summed E-state index contributed by atoms with van der Waals surface area (Å²) >= 11 is 3.28. The van der Waals surface area contributed by atoms with Crippen molar-refractivity contribution in [3.63, 3.8) is 0 Å². The molecule has 19 heavy (non-hydrogen) atoms. The fourth-order valence-electron chi connectivity index (χ4n) is 1.90. The van der Waals surface area contributed by atoms with Crippen LogP contribution in [-0.4, -0.2) is 22.2 Å². The van der Waals surface area contributed by atoms with Gasteiger partial charge in [-0.3, -0.25) is 0 Å². The summed E-state index contributed by atoms with van der Waals surface area (Å²) in [4.78, 5) is 4.49. The van der Waals surface area contributed by atoms with Crippen LogP contribution in [0.25, 0.3) is 0 Å². The lowest BCUT2D eigenvalue weighted by molar-refractivity contribution is 0.658. The van der Waals surface area contributed by atoms with Crippen LogP contribution < -0.4 is 5.32 Å². The number of nitrogens with one attached hydrogen (secondary N) is 1. The lowest BCUT2D eigenvalue weighted by atomic mass is 10.0. The lowest BCUT2D eigenvalue weighted by Crippen LogP contribution is -2.19. The van der Waals surface area contributed by atoms with Gasteiger partial charge in [0.2, 0.25) is 0 Å². The molecule has 1 N–H and O–H groups in total. The SMILES string of the molecule is CCc1nsc(SCC(NC)c2ccccc2C)n1. The van der Waals surface area contributed by atoms with Gasteiger partial charge < -0.3 is 5.32 Å². The molecule has 3 nitrogen and oxygen atoms in total. The Kier molecular flexibility index (Phi) is 5.36. The van der Waals surface area contributed by atoms with Crippen LogP contribution in [-0.2, 0) is 6.42 Å². The first-order chi connectivity index (χ1) is 9.24. The fourth-order valence-corrected chi connectivity index (χ4v) is 3.75. The van der Waals surface area contributed by atoms with Crippen molar-refractivity contribution in [2.75, 3.05) is 12.8 Å². The van der Waals surface area contributed by atoms with Gasteiger partial charge in [-0.2, -0.15) is 4.37 Å². The largest absolute Gasteiger partial charge is 0.312 e. The third-order valence-corrected chi connectivity index (χ3v) is 5.02. The molecule has 0 aliphatic heterocycles. The van der Waals surface area contributed by atoms with Gasteiger partial charge in [0.05, 0.1) is 0 Å². The normalized spacial score (nSPS) is 12.6. The number of hydrogen-bond acceptors (Lipinski definition) is 5. The molecule has 1 aromatic carbocycles. The van der Waals surface area contributed by atoms with E-state index in [-0.39, 0.29) is 0 Å². The van der Waals surface area contributed by atoms with Gasteiger partial charge in [0.25, 0.3) is 0 Å². The molecule has 0 spiro atoms. The number of hydrogen-bond donors (Lipinski definition) is 1. The van der Waals surface area contributed by atoms with E-state index in [0.717, 1.165) is 22.3 Å². The number of rotatable bonds is 6. The quantitative estimate of drug-likeness (QED) is 0.828.